The van der Waals surface area contributed by atoms with Crippen LogP contribution in [0.25, 0.3) is 0 Å². The van der Waals surface area contributed by atoms with Crippen molar-refractivity contribution in [2.45, 2.75) is 25.8 Å². The Labute approximate surface area is 101 Å². The van der Waals surface area contributed by atoms with Gasteiger partial charge in [-0.2, -0.15) is 0 Å². The number of carboxylic acid groups (broad SMARTS) is 1. The Hall–Kier alpha value is -1.14. The molecule has 0 aromatic heterocycles. The molecule has 0 spiro atoms. The molecule has 0 radical (unpaired) electrons. The minimum atomic E-state index is -0.937. The summed E-state index contributed by atoms with van der Waals surface area (Å²) in [6, 6.07) is -0.439. The molecule has 1 rings (SSSR count). The molecule has 3 atom stereocenters. The summed E-state index contributed by atoms with van der Waals surface area (Å²) in [5.41, 5.74) is 5.52. The molecule has 17 heavy (non-hydrogen) atoms. The number of hydrogen-bond acceptors (Lipinski definition) is 4. The van der Waals surface area contributed by atoms with Crippen molar-refractivity contribution in [2.24, 2.45) is 17.6 Å². The van der Waals surface area contributed by atoms with E-state index >= 15 is 0 Å². The average Bonchev–Trinajstić information content (AvgIpc) is 2.73. The van der Waals surface area contributed by atoms with Crippen LogP contribution in [-0.4, -0.2) is 42.8 Å². The van der Waals surface area contributed by atoms with E-state index in [-0.39, 0.29) is 31.6 Å². The number of aliphatic carboxylic acids is 1. The molecular formula is C11H20N2O4. The Balaban J connectivity index is 2.52. The molecule has 6 heteroatoms. The van der Waals surface area contributed by atoms with E-state index in [2.05, 4.69) is 5.32 Å². The van der Waals surface area contributed by atoms with Crippen molar-refractivity contribution in [1.82, 2.24) is 5.32 Å². The molecule has 1 saturated heterocycles. The minimum absolute atomic E-state index is 0.154. The zero-order valence-corrected chi connectivity index (χ0v) is 10.0. The van der Waals surface area contributed by atoms with E-state index in [0.717, 1.165) is 6.42 Å². The number of carbonyl (C=O) groups excluding carboxylic acids is 1. The summed E-state index contributed by atoms with van der Waals surface area (Å²) in [5.74, 6) is -2.00. The van der Waals surface area contributed by atoms with Gasteiger partial charge in [-0.1, -0.05) is 13.3 Å². The molecule has 0 aromatic carbocycles. The number of nitrogens with two attached hydrogens (primary N) is 1. The highest BCUT2D eigenvalue weighted by molar-refractivity contribution is 5.80. The van der Waals surface area contributed by atoms with Gasteiger partial charge in [0.1, 0.15) is 5.92 Å². The first-order chi connectivity index (χ1) is 8.10. The molecule has 0 saturated carbocycles. The van der Waals surface area contributed by atoms with Crippen LogP contribution in [0.5, 0.6) is 0 Å². The van der Waals surface area contributed by atoms with Crippen molar-refractivity contribution >= 4 is 11.9 Å². The van der Waals surface area contributed by atoms with Gasteiger partial charge in [-0.3, -0.25) is 9.59 Å². The van der Waals surface area contributed by atoms with Gasteiger partial charge in [0.2, 0.25) is 5.91 Å². The van der Waals surface area contributed by atoms with Crippen LogP contribution in [0, 0.1) is 11.8 Å². The first-order valence-corrected chi connectivity index (χ1v) is 5.91. The van der Waals surface area contributed by atoms with Crippen LogP contribution < -0.4 is 11.1 Å². The summed E-state index contributed by atoms with van der Waals surface area (Å²) < 4.78 is 5.08. The number of rotatable bonds is 6. The molecule has 1 aliphatic heterocycles. The first kappa shape index (κ1) is 13.9. The van der Waals surface area contributed by atoms with Crippen LogP contribution in [0.3, 0.4) is 0 Å². The maximum Gasteiger partial charge on any atom is 0.311 e. The molecule has 1 heterocycles. The lowest BCUT2D eigenvalue weighted by atomic mass is 10.00. The molecule has 0 aromatic rings. The van der Waals surface area contributed by atoms with Gasteiger partial charge in [0.25, 0.3) is 0 Å². The fourth-order valence-corrected chi connectivity index (χ4v) is 1.94. The Morgan fingerprint density at radius 1 is 1.53 bits per heavy atom. The van der Waals surface area contributed by atoms with Crippen molar-refractivity contribution < 1.29 is 19.4 Å². The lowest BCUT2D eigenvalue weighted by Gasteiger charge is -2.19. The van der Waals surface area contributed by atoms with Gasteiger partial charge in [-0.05, 0) is 6.42 Å². The zero-order valence-electron chi connectivity index (χ0n) is 10.0. The van der Waals surface area contributed by atoms with Crippen LogP contribution in [0.2, 0.25) is 0 Å². The highest BCUT2D eigenvalue weighted by Gasteiger charge is 2.35. The third-order valence-corrected chi connectivity index (χ3v) is 3.02. The van der Waals surface area contributed by atoms with Gasteiger partial charge in [0.05, 0.1) is 25.2 Å². The standard InChI is InChI=1S/C11H20N2O4/c1-2-3-7(4-12)10(14)13-9-6-17-5-8(9)11(15)16/h7-9H,2-6,12H2,1H3,(H,13,14)(H,15,16). The highest BCUT2D eigenvalue weighted by Crippen LogP contribution is 2.15. The van der Waals surface area contributed by atoms with Crippen molar-refractivity contribution in [3.8, 4) is 0 Å². The van der Waals surface area contributed by atoms with Crippen LogP contribution in [0.1, 0.15) is 19.8 Å². The highest BCUT2D eigenvalue weighted by atomic mass is 16.5. The predicted molar refractivity (Wildman–Crippen MR) is 61.3 cm³/mol. The monoisotopic (exact) mass is 244 g/mol. The largest absolute Gasteiger partial charge is 0.481 e. The molecule has 0 aliphatic carbocycles. The number of amides is 1. The van der Waals surface area contributed by atoms with Gasteiger partial charge in [-0.25, -0.2) is 0 Å². The maximum absolute atomic E-state index is 11.8. The van der Waals surface area contributed by atoms with Crippen LogP contribution in [-0.2, 0) is 14.3 Å². The lowest BCUT2D eigenvalue weighted by Crippen LogP contribution is -2.46. The van der Waals surface area contributed by atoms with E-state index in [1.165, 1.54) is 0 Å². The Morgan fingerprint density at radius 3 is 2.76 bits per heavy atom. The van der Waals surface area contributed by atoms with E-state index < -0.39 is 17.9 Å². The van der Waals surface area contributed by atoms with Gasteiger partial charge in [0.15, 0.2) is 0 Å². The smallest absolute Gasteiger partial charge is 0.311 e. The molecular weight excluding hydrogens is 224 g/mol. The number of hydrogen-bond donors (Lipinski definition) is 3. The van der Waals surface area contributed by atoms with Crippen molar-refractivity contribution in [3.05, 3.63) is 0 Å². The number of ether oxygens (including phenoxy) is 1. The first-order valence-electron chi connectivity index (χ1n) is 5.91. The molecule has 0 bridgehead atoms. The average molecular weight is 244 g/mol. The van der Waals surface area contributed by atoms with Crippen molar-refractivity contribution in [2.75, 3.05) is 19.8 Å². The number of nitrogens with one attached hydrogen (secondary N) is 1. The molecule has 98 valence electrons. The van der Waals surface area contributed by atoms with E-state index in [0.29, 0.717) is 6.42 Å². The summed E-state index contributed by atoms with van der Waals surface area (Å²) in [7, 11) is 0. The number of carboxylic acids is 1. The van der Waals surface area contributed by atoms with E-state index in [4.69, 9.17) is 15.6 Å². The maximum atomic E-state index is 11.8. The van der Waals surface area contributed by atoms with Crippen LogP contribution in [0.4, 0.5) is 0 Å². The Kier molecular flexibility index (Phi) is 5.37. The fourth-order valence-electron chi connectivity index (χ4n) is 1.94. The summed E-state index contributed by atoms with van der Waals surface area (Å²) in [4.78, 5) is 22.8. The zero-order chi connectivity index (χ0) is 12.8. The minimum Gasteiger partial charge on any atom is -0.481 e. The predicted octanol–water partition coefficient (Wildman–Crippen LogP) is -0.423. The molecule has 4 N–H and O–H groups in total. The fraction of sp³-hybridized carbons (Fsp3) is 0.818. The van der Waals surface area contributed by atoms with E-state index in [1.54, 1.807) is 0 Å². The summed E-state index contributed by atoms with van der Waals surface area (Å²) in [6.07, 6.45) is 1.59. The van der Waals surface area contributed by atoms with Crippen LogP contribution >= 0.6 is 0 Å². The quantitative estimate of drug-likeness (QED) is 0.589. The van der Waals surface area contributed by atoms with Crippen molar-refractivity contribution in [3.63, 3.8) is 0 Å². The van der Waals surface area contributed by atoms with Gasteiger partial charge < -0.3 is 20.9 Å². The van der Waals surface area contributed by atoms with E-state index in [1.807, 2.05) is 6.92 Å². The van der Waals surface area contributed by atoms with Gasteiger partial charge in [-0.15, -0.1) is 0 Å². The van der Waals surface area contributed by atoms with Gasteiger partial charge in [0, 0.05) is 6.54 Å². The summed E-state index contributed by atoms with van der Waals surface area (Å²) in [6.45, 7) is 2.67. The summed E-state index contributed by atoms with van der Waals surface area (Å²) in [5, 5.41) is 11.7. The Bertz CT molecular complexity index is 283. The Morgan fingerprint density at radius 2 is 2.24 bits per heavy atom. The second-order valence-electron chi connectivity index (χ2n) is 4.32. The SMILES string of the molecule is CCCC(CN)C(=O)NC1COCC1C(=O)O. The molecule has 3 unspecified atom stereocenters. The molecule has 1 fully saturated rings. The van der Waals surface area contributed by atoms with E-state index in [9.17, 15) is 9.59 Å². The van der Waals surface area contributed by atoms with Crippen molar-refractivity contribution in [1.29, 1.82) is 0 Å². The normalized spacial score (nSPS) is 25.5. The third-order valence-electron chi connectivity index (χ3n) is 3.02. The molecule has 6 nitrogen and oxygen atoms in total. The topological polar surface area (TPSA) is 102 Å². The summed E-state index contributed by atoms with van der Waals surface area (Å²) >= 11 is 0. The van der Waals surface area contributed by atoms with Gasteiger partial charge >= 0.3 is 5.97 Å². The molecule has 1 aliphatic rings. The number of carbonyl (C=O) groups is 2. The lowest BCUT2D eigenvalue weighted by molar-refractivity contribution is -0.142. The second kappa shape index (κ2) is 6.56. The van der Waals surface area contributed by atoms with Crippen LogP contribution in [0.15, 0.2) is 0 Å². The molecule has 1 amide bonds. The second-order valence-corrected chi connectivity index (χ2v) is 4.32. The third kappa shape index (κ3) is 3.67.